The topological polar surface area (TPSA) is 55.4 Å². The normalized spacial score (nSPS) is 12.0. The SMILES string of the molecule is CC(C)(C)OC(=O)Nc1ccc(Cl)cc1C(=O)C(F)(F)F. The molecule has 0 fully saturated rings. The molecule has 0 aromatic heterocycles. The van der Waals surface area contributed by atoms with Gasteiger partial charge >= 0.3 is 12.3 Å². The highest BCUT2D eigenvalue weighted by molar-refractivity contribution is 6.31. The minimum atomic E-state index is -5.07. The van der Waals surface area contributed by atoms with Gasteiger partial charge < -0.3 is 4.74 Å². The highest BCUT2D eigenvalue weighted by atomic mass is 35.5. The summed E-state index contributed by atoms with van der Waals surface area (Å²) in [5.74, 6) is -2.10. The molecule has 0 aliphatic carbocycles. The van der Waals surface area contributed by atoms with Crippen molar-refractivity contribution in [2.75, 3.05) is 5.32 Å². The van der Waals surface area contributed by atoms with Gasteiger partial charge in [-0.3, -0.25) is 10.1 Å². The third-order valence-electron chi connectivity index (χ3n) is 2.12. The van der Waals surface area contributed by atoms with Crippen molar-refractivity contribution in [1.29, 1.82) is 0 Å². The summed E-state index contributed by atoms with van der Waals surface area (Å²) >= 11 is 5.59. The molecule has 0 bridgehead atoms. The maximum Gasteiger partial charge on any atom is 0.454 e. The van der Waals surface area contributed by atoms with Crippen LogP contribution < -0.4 is 5.32 Å². The summed E-state index contributed by atoms with van der Waals surface area (Å²) < 4.78 is 42.5. The summed E-state index contributed by atoms with van der Waals surface area (Å²) in [6.45, 7) is 4.78. The maximum atomic E-state index is 12.5. The van der Waals surface area contributed by atoms with E-state index in [1.807, 2.05) is 0 Å². The molecular weight excluding hydrogens is 311 g/mol. The lowest BCUT2D eigenvalue weighted by atomic mass is 10.1. The van der Waals surface area contributed by atoms with Gasteiger partial charge in [0.25, 0.3) is 5.78 Å². The van der Waals surface area contributed by atoms with E-state index < -0.39 is 29.2 Å². The summed E-state index contributed by atoms with van der Waals surface area (Å²) in [5.41, 5.74) is -1.90. The molecule has 1 aromatic carbocycles. The van der Waals surface area contributed by atoms with Crippen LogP contribution in [0.3, 0.4) is 0 Å². The summed E-state index contributed by atoms with van der Waals surface area (Å²) in [7, 11) is 0. The lowest BCUT2D eigenvalue weighted by molar-refractivity contribution is -0.0884. The van der Waals surface area contributed by atoms with Gasteiger partial charge in [0.1, 0.15) is 5.60 Å². The molecule has 0 heterocycles. The zero-order valence-electron chi connectivity index (χ0n) is 11.5. The number of carbonyl (C=O) groups excluding carboxylic acids is 2. The molecule has 0 saturated carbocycles. The molecule has 0 spiro atoms. The highest BCUT2D eigenvalue weighted by Crippen LogP contribution is 2.29. The first kappa shape index (κ1) is 17.3. The molecule has 0 unspecified atom stereocenters. The fourth-order valence-electron chi connectivity index (χ4n) is 1.38. The van der Waals surface area contributed by atoms with Crippen LogP contribution in [0.15, 0.2) is 18.2 Å². The number of amides is 1. The van der Waals surface area contributed by atoms with Crippen molar-refractivity contribution >= 4 is 29.2 Å². The lowest BCUT2D eigenvalue weighted by Crippen LogP contribution is -2.29. The van der Waals surface area contributed by atoms with E-state index in [0.717, 1.165) is 12.1 Å². The van der Waals surface area contributed by atoms with E-state index in [1.165, 1.54) is 6.07 Å². The van der Waals surface area contributed by atoms with Crippen molar-refractivity contribution in [1.82, 2.24) is 0 Å². The van der Waals surface area contributed by atoms with Crippen LogP contribution in [0.2, 0.25) is 5.02 Å². The van der Waals surface area contributed by atoms with Crippen LogP contribution in [-0.4, -0.2) is 23.7 Å². The molecule has 21 heavy (non-hydrogen) atoms. The van der Waals surface area contributed by atoms with Crippen molar-refractivity contribution in [3.8, 4) is 0 Å². The molecule has 4 nitrogen and oxygen atoms in total. The van der Waals surface area contributed by atoms with Gasteiger partial charge in [0.2, 0.25) is 0 Å². The van der Waals surface area contributed by atoms with Gasteiger partial charge in [-0.25, -0.2) is 4.79 Å². The van der Waals surface area contributed by atoms with Crippen molar-refractivity contribution < 1.29 is 27.5 Å². The van der Waals surface area contributed by atoms with Gasteiger partial charge in [0.05, 0.1) is 11.3 Å². The van der Waals surface area contributed by atoms with Gasteiger partial charge in [-0.2, -0.15) is 13.2 Å². The zero-order chi connectivity index (χ0) is 16.4. The van der Waals surface area contributed by atoms with Crippen LogP contribution in [0, 0.1) is 0 Å². The molecule has 0 saturated heterocycles. The number of hydrogen-bond acceptors (Lipinski definition) is 3. The highest BCUT2D eigenvalue weighted by Gasteiger charge is 2.40. The number of ether oxygens (including phenoxy) is 1. The van der Waals surface area contributed by atoms with Crippen LogP contribution >= 0.6 is 11.6 Å². The Kier molecular flexibility index (Phi) is 4.88. The van der Waals surface area contributed by atoms with Gasteiger partial charge in [0.15, 0.2) is 0 Å². The monoisotopic (exact) mass is 323 g/mol. The number of carbonyl (C=O) groups is 2. The van der Waals surface area contributed by atoms with Crippen LogP contribution in [0.5, 0.6) is 0 Å². The van der Waals surface area contributed by atoms with Crippen molar-refractivity contribution in [2.24, 2.45) is 0 Å². The van der Waals surface area contributed by atoms with Crippen LogP contribution in [-0.2, 0) is 4.74 Å². The van der Waals surface area contributed by atoms with E-state index in [4.69, 9.17) is 16.3 Å². The number of anilines is 1. The van der Waals surface area contributed by atoms with Gasteiger partial charge in [-0.05, 0) is 39.0 Å². The molecule has 1 amide bonds. The van der Waals surface area contributed by atoms with E-state index in [9.17, 15) is 22.8 Å². The molecule has 0 aliphatic heterocycles. The first-order chi connectivity index (χ1) is 9.40. The second-order valence-corrected chi connectivity index (χ2v) is 5.58. The van der Waals surface area contributed by atoms with E-state index in [1.54, 1.807) is 20.8 Å². The minimum Gasteiger partial charge on any atom is -0.444 e. The summed E-state index contributed by atoms with van der Waals surface area (Å²) in [6, 6.07) is 3.19. The molecule has 116 valence electrons. The second-order valence-electron chi connectivity index (χ2n) is 5.14. The minimum absolute atomic E-state index is 0.0580. The van der Waals surface area contributed by atoms with E-state index in [2.05, 4.69) is 5.32 Å². The van der Waals surface area contributed by atoms with Crippen LogP contribution in [0.1, 0.15) is 31.1 Å². The van der Waals surface area contributed by atoms with Crippen LogP contribution in [0.25, 0.3) is 0 Å². The number of nitrogens with one attached hydrogen (secondary N) is 1. The van der Waals surface area contributed by atoms with Gasteiger partial charge in [-0.15, -0.1) is 0 Å². The average molecular weight is 324 g/mol. The van der Waals surface area contributed by atoms with E-state index in [-0.39, 0.29) is 10.7 Å². The lowest BCUT2D eigenvalue weighted by Gasteiger charge is -2.20. The Hall–Kier alpha value is -1.76. The molecule has 1 rings (SSSR count). The van der Waals surface area contributed by atoms with Crippen molar-refractivity contribution in [3.63, 3.8) is 0 Å². The number of hydrogen-bond donors (Lipinski definition) is 1. The smallest absolute Gasteiger partial charge is 0.444 e. The Labute approximate surface area is 124 Å². The maximum absolute atomic E-state index is 12.5. The molecule has 0 atom stereocenters. The molecule has 1 N–H and O–H groups in total. The van der Waals surface area contributed by atoms with E-state index in [0.29, 0.717) is 0 Å². The standard InChI is InChI=1S/C13H13ClF3NO3/c1-12(2,3)21-11(20)18-9-5-4-7(14)6-8(9)10(19)13(15,16)17/h4-6H,1-3H3,(H,18,20). The predicted molar refractivity (Wildman–Crippen MR) is 71.7 cm³/mol. The Balaban J connectivity index is 3.09. The second kappa shape index (κ2) is 5.93. The van der Waals surface area contributed by atoms with Crippen molar-refractivity contribution in [2.45, 2.75) is 32.5 Å². The Morgan fingerprint density at radius 2 is 1.76 bits per heavy atom. The van der Waals surface area contributed by atoms with Gasteiger partial charge in [0, 0.05) is 5.02 Å². The quantitative estimate of drug-likeness (QED) is 0.819. The third kappa shape index (κ3) is 5.26. The number of benzene rings is 1. The number of ketones is 1. The largest absolute Gasteiger partial charge is 0.454 e. The number of alkyl halides is 3. The van der Waals surface area contributed by atoms with Gasteiger partial charge in [-0.1, -0.05) is 11.6 Å². The molecule has 0 aliphatic rings. The zero-order valence-corrected chi connectivity index (χ0v) is 12.2. The van der Waals surface area contributed by atoms with Crippen LogP contribution in [0.4, 0.5) is 23.7 Å². The fourth-order valence-corrected chi connectivity index (χ4v) is 1.55. The summed E-state index contributed by atoms with van der Waals surface area (Å²) in [5, 5.41) is 2.05. The number of halogens is 4. The molecule has 8 heteroatoms. The summed E-state index contributed by atoms with van der Waals surface area (Å²) in [4.78, 5) is 22.9. The first-order valence-electron chi connectivity index (χ1n) is 5.81. The average Bonchev–Trinajstić information content (AvgIpc) is 2.26. The Morgan fingerprint density at radius 3 is 2.24 bits per heavy atom. The predicted octanol–water partition coefficient (Wildman–Crippen LogP) is 4.43. The van der Waals surface area contributed by atoms with E-state index >= 15 is 0 Å². The number of rotatable bonds is 2. The summed E-state index contributed by atoms with van der Waals surface area (Å²) in [6.07, 6.45) is -6.05. The Bertz CT molecular complexity index is 565. The third-order valence-corrected chi connectivity index (χ3v) is 2.35. The Morgan fingerprint density at radius 1 is 1.19 bits per heavy atom. The number of Topliss-reactive ketones (excluding diaryl/α,β-unsaturated/α-hetero) is 1. The molecule has 0 radical (unpaired) electrons. The van der Waals surface area contributed by atoms with Crippen molar-refractivity contribution in [3.05, 3.63) is 28.8 Å². The fraction of sp³-hybridized carbons (Fsp3) is 0.385. The first-order valence-corrected chi connectivity index (χ1v) is 6.19. The molecule has 1 aromatic rings. The molecular formula is C13H13ClF3NO3.